The largest absolute Gasteiger partial charge is 0.485 e. The number of benzene rings is 1. The van der Waals surface area contributed by atoms with E-state index >= 15 is 0 Å². The Bertz CT molecular complexity index is 1050. The van der Waals surface area contributed by atoms with Crippen LogP contribution in [0.1, 0.15) is 31.3 Å². The van der Waals surface area contributed by atoms with Crippen LogP contribution in [0, 0.1) is 12.8 Å². The third-order valence-electron chi connectivity index (χ3n) is 4.43. The fraction of sp³-hybridized carbons (Fsp3) is 0.348. The number of hydrogen-bond acceptors (Lipinski definition) is 7. The number of aryl methyl sites for hydroxylation is 1. The van der Waals surface area contributed by atoms with Crippen molar-refractivity contribution in [3.05, 3.63) is 51.4 Å². The second-order valence-corrected chi connectivity index (χ2v) is 8.66. The van der Waals surface area contributed by atoms with Crippen LogP contribution in [-0.2, 0) is 11.2 Å². The van der Waals surface area contributed by atoms with Gasteiger partial charge in [0, 0.05) is 36.8 Å². The Labute approximate surface area is 190 Å². The average molecular weight is 456 g/mol. The van der Waals surface area contributed by atoms with E-state index in [0.29, 0.717) is 0 Å². The van der Waals surface area contributed by atoms with Gasteiger partial charge in [0.2, 0.25) is 0 Å². The summed E-state index contributed by atoms with van der Waals surface area (Å²) in [6, 6.07) is 6.39. The number of rotatable bonds is 10. The first kappa shape index (κ1) is 24.8. The molecule has 8 heteroatoms. The topological polar surface area (TPSA) is 71.6 Å². The first-order chi connectivity index (χ1) is 15.0. The van der Waals surface area contributed by atoms with Crippen molar-refractivity contribution in [3.8, 4) is 0 Å². The van der Waals surface area contributed by atoms with E-state index in [1.54, 1.807) is 18.4 Å². The van der Waals surface area contributed by atoms with Gasteiger partial charge >= 0.3 is 0 Å². The molecule has 0 N–H and O–H groups in total. The van der Waals surface area contributed by atoms with E-state index in [1.165, 1.54) is 16.7 Å². The zero-order valence-corrected chi connectivity index (χ0v) is 20.7. The van der Waals surface area contributed by atoms with Crippen LogP contribution < -0.4 is 0 Å². The van der Waals surface area contributed by atoms with Gasteiger partial charge in [-0.25, -0.2) is 4.98 Å². The highest BCUT2D eigenvalue weighted by Crippen LogP contribution is 2.25. The Kier molecular flexibility index (Phi) is 10.4. The Balaban J connectivity index is 2.31. The molecule has 2 rings (SSSR count). The summed E-state index contributed by atoms with van der Waals surface area (Å²) in [6.07, 6.45) is 9.60. The molecule has 6 nitrogen and oxygen atoms in total. The lowest BCUT2D eigenvalue weighted by molar-refractivity contribution is 0.421. The number of ether oxygens (including phenoxy) is 1. The lowest BCUT2D eigenvalue weighted by Crippen LogP contribution is -2.09. The molecule has 0 spiro atoms. The van der Waals surface area contributed by atoms with Gasteiger partial charge in [-0.05, 0) is 62.7 Å². The van der Waals surface area contributed by atoms with Crippen molar-refractivity contribution < 1.29 is 4.74 Å². The summed E-state index contributed by atoms with van der Waals surface area (Å²) in [6.45, 7) is 8.81. The number of nitrogens with zero attached hydrogens (tertiary/aromatic N) is 5. The van der Waals surface area contributed by atoms with Gasteiger partial charge in [-0.1, -0.05) is 12.1 Å². The maximum atomic E-state index is 4.84. The van der Waals surface area contributed by atoms with Crippen LogP contribution >= 0.6 is 20.6 Å². The van der Waals surface area contributed by atoms with Crippen molar-refractivity contribution in [2.45, 2.75) is 34.1 Å². The number of methoxy groups -OCH3 is 1. The van der Waals surface area contributed by atoms with E-state index in [-0.39, 0.29) is 5.92 Å². The zero-order valence-electron chi connectivity index (χ0n) is 18.7. The van der Waals surface area contributed by atoms with Gasteiger partial charge in [-0.15, -0.1) is 25.7 Å². The van der Waals surface area contributed by atoms with Crippen molar-refractivity contribution >= 4 is 55.8 Å². The number of aliphatic imine (C=N–C) groups is 2. The van der Waals surface area contributed by atoms with E-state index in [0.717, 1.165) is 40.1 Å². The van der Waals surface area contributed by atoms with Gasteiger partial charge in [-0.2, -0.15) is 5.10 Å². The smallest absolute Gasteiger partial charge is 0.194 e. The Hall–Kier alpha value is -2.50. The van der Waals surface area contributed by atoms with E-state index in [1.807, 2.05) is 52.4 Å². The van der Waals surface area contributed by atoms with Gasteiger partial charge in [0.25, 0.3) is 0 Å². The monoisotopic (exact) mass is 455 g/mol. The molecule has 0 radical (unpaired) electrons. The summed E-state index contributed by atoms with van der Waals surface area (Å²) in [5.41, 5.74) is 4.21. The van der Waals surface area contributed by atoms with Crippen LogP contribution in [0.4, 0.5) is 0 Å². The normalized spacial score (nSPS) is 15.1. The molecule has 2 unspecified atom stereocenters. The van der Waals surface area contributed by atoms with Crippen molar-refractivity contribution in [2.24, 2.45) is 26.1 Å². The molecular formula is C23H30N5OPS. The number of hydrogen-bond donors (Lipinski definition) is 0. The highest BCUT2D eigenvalue weighted by molar-refractivity contribution is 7.24. The van der Waals surface area contributed by atoms with Gasteiger partial charge < -0.3 is 4.74 Å². The van der Waals surface area contributed by atoms with Crippen molar-refractivity contribution in [1.82, 2.24) is 4.98 Å². The lowest BCUT2D eigenvalue weighted by Gasteiger charge is -2.13. The molecule has 164 valence electrons. The van der Waals surface area contributed by atoms with Gasteiger partial charge in [0.1, 0.15) is 0 Å². The number of aromatic nitrogens is 1. The zero-order chi connectivity index (χ0) is 22.6. The summed E-state index contributed by atoms with van der Waals surface area (Å²) in [4.78, 5) is 13.6. The Morgan fingerprint density at radius 2 is 2.10 bits per heavy atom. The molecule has 0 fully saturated rings. The summed E-state index contributed by atoms with van der Waals surface area (Å²) in [5.74, 6) is -0.0378. The van der Waals surface area contributed by atoms with Crippen LogP contribution in [-0.4, -0.2) is 43.7 Å². The molecule has 31 heavy (non-hydrogen) atoms. The molecule has 2 aromatic rings. The first-order valence-corrected chi connectivity index (χ1v) is 11.5. The third-order valence-corrected chi connectivity index (χ3v) is 5.97. The number of thiazole rings is 1. The van der Waals surface area contributed by atoms with Crippen molar-refractivity contribution in [3.63, 3.8) is 0 Å². The molecular weight excluding hydrogens is 425 g/mol. The molecule has 1 aromatic heterocycles. The highest BCUT2D eigenvalue weighted by atomic mass is 32.1. The first-order valence-electron chi connectivity index (χ1n) is 10.1. The van der Waals surface area contributed by atoms with Crippen molar-refractivity contribution in [2.75, 3.05) is 13.7 Å². The second-order valence-electron chi connectivity index (χ2n) is 6.80. The average Bonchev–Trinajstić information content (AvgIpc) is 3.14. The minimum absolute atomic E-state index is 0.0378. The summed E-state index contributed by atoms with van der Waals surface area (Å²) in [5, 5.41) is 10.1. The van der Waals surface area contributed by atoms with Gasteiger partial charge in [-0.3, -0.25) is 9.98 Å². The van der Waals surface area contributed by atoms with E-state index in [9.17, 15) is 0 Å². The van der Waals surface area contributed by atoms with Crippen LogP contribution in [0.15, 0.2) is 61.0 Å². The van der Waals surface area contributed by atoms with Crippen molar-refractivity contribution in [1.29, 1.82) is 0 Å². The standard InChI is InChI=1S/C23H30N5OPS/c1-6-20(25-14-22(30)16(3)12-24-7-2)19(13-26-27-15-29-5)10-18-8-9-21-23(11-18)31-17(4)28-21/h6,8-9,11-15,19H,7,10,30H2,1-5H3/b20-6-,22-16-,24-12+,25-14-,26-13+,27-15-. The Morgan fingerprint density at radius 1 is 1.29 bits per heavy atom. The van der Waals surface area contributed by atoms with E-state index in [2.05, 4.69) is 47.6 Å². The maximum Gasteiger partial charge on any atom is 0.194 e. The third kappa shape index (κ3) is 7.93. The molecule has 1 aromatic carbocycles. The molecule has 0 amide bonds. The quantitative estimate of drug-likeness (QED) is 0.201. The predicted octanol–water partition coefficient (Wildman–Crippen LogP) is 5.64. The van der Waals surface area contributed by atoms with Crippen LogP contribution in [0.3, 0.4) is 0 Å². The predicted molar refractivity (Wildman–Crippen MR) is 139 cm³/mol. The fourth-order valence-corrected chi connectivity index (χ4v) is 3.86. The lowest BCUT2D eigenvalue weighted by atomic mass is 9.97. The fourth-order valence-electron chi connectivity index (χ4n) is 2.83. The minimum atomic E-state index is -0.0378. The van der Waals surface area contributed by atoms with Crippen LogP contribution in [0.25, 0.3) is 10.2 Å². The van der Waals surface area contributed by atoms with Crippen LogP contribution in [0.5, 0.6) is 0 Å². The minimum Gasteiger partial charge on any atom is -0.485 e. The molecule has 0 aliphatic rings. The summed E-state index contributed by atoms with van der Waals surface area (Å²) >= 11 is 1.71. The molecule has 1 heterocycles. The molecule has 2 atom stereocenters. The summed E-state index contributed by atoms with van der Waals surface area (Å²) < 4.78 is 6.03. The molecule has 0 aliphatic carbocycles. The molecule has 0 saturated heterocycles. The molecule has 0 saturated carbocycles. The SMILES string of the molecule is C\C=C(/N=C\C(P)=C(C)\C=N\CC)C(/C=N/N=C\OC)Cc1ccc2nc(C)sc2c1. The number of allylic oxidation sites excluding steroid dienone is 4. The highest BCUT2D eigenvalue weighted by Gasteiger charge is 2.13. The van der Waals surface area contributed by atoms with Gasteiger partial charge in [0.05, 0.1) is 22.3 Å². The summed E-state index contributed by atoms with van der Waals surface area (Å²) in [7, 11) is 4.27. The second kappa shape index (κ2) is 13.0. The van der Waals surface area contributed by atoms with Gasteiger partial charge in [0.15, 0.2) is 6.40 Å². The number of fused-ring (bicyclic) bond motifs is 1. The molecule has 0 bridgehead atoms. The van der Waals surface area contributed by atoms with E-state index in [4.69, 9.17) is 9.73 Å². The van der Waals surface area contributed by atoms with E-state index < -0.39 is 0 Å². The maximum absolute atomic E-state index is 4.84. The molecule has 0 aliphatic heterocycles. The van der Waals surface area contributed by atoms with Crippen LogP contribution in [0.2, 0.25) is 0 Å². The Morgan fingerprint density at radius 3 is 2.81 bits per heavy atom.